The Labute approximate surface area is 428 Å². The van der Waals surface area contributed by atoms with Gasteiger partial charge in [0.25, 0.3) is 8.32 Å². The SMILES string of the molecule is CC[C@H]1OC(=O)[C@H](C)[C@@H](O[C@H]2C[C@@](C)(OC)[C@@H](O[Si](C)(C)C)[C@H](C)O2)[C@H](C)[C@@H](O[C@@H]2O[C@H](C)C[C@H](N(C)C)[C@H]2O[Si](C)(C)C)[C@](C)(OC)C[C@@H](C)/C(=N\O[Si](C)(C)C(C)(C)C(C)C)[C@H](C)[C@@H](O)[C@]1(C)O. The molecule has 0 aromatic heterocycles. The van der Waals surface area contributed by atoms with Gasteiger partial charge in [-0.25, -0.2) is 0 Å². The number of aliphatic hydroxyl groups is 2. The maximum Gasteiger partial charge on any atom is 0.311 e. The van der Waals surface area contributed by atoms with Crippen LogP contribution in [0.4, 0.5) is 0 Å². The third-order valence-electron chi connectivity index (χ3n) is 16.6. The van der Waals surface area contributed by atoms with Crippen molar-refractivity contribution in [3.05, 3.63) is 0 Å². The third kappa shape index (κ3) is 15.0. The summed E-state index contributed by atoms with van der Waals surface area (Å²) in [5, 5.41) is 29.7. The van der Waals surface area contributed by atoms with Gasteiger partial charge in [-0.1, -0.05) is 55.4 Å². The maximum absolute atomic E-state index is 14.9. The number of ether oxygens (including phenoxy) is 7. The molecule has 0 aliphatic carbocycles. The standard InChI is InChI=1S/C52H104N2O13Si3/c1-27-39-52(14,57)44(55)34(6)41(53-67-70(25,26)49(10,11)31(2)3)32(4)29-50(12,58-17)45(64-48-43(65-68(19,20)21)38(54(15)16)28-33(5)60-48)35(7)42(36(8)47(56)62-39)63-40-30-51(13,59-18)46(37(9)61-40)66-69(22,23)24/h31-40,42-46,48,55,57H,27-30H2,1-26H3/b53-41+/t32-,33-,34+,35+,36-,37+,38+,39-,40+,42+,43-,44-,45-,46+,48+,50-,51-,52-/m1/s1. The first-order valence-electron chi connectivity index (χ1n) is 26.3. The number of rotatable bonds is 16. The van der Waals surface area contributed by atoms with Gasteiger partial charge >= 0.3 is 5.97 Å². The molecule has 3 rings (SSSR count). The summed E-state index contributed by atoms with van der Waals surface area (Å²) >= 11 is 0. The minimum atomic E-state index is -2.56. The molecular formula is C52H104N2O13Si3. The fraction of sp³-hybridized carbons (Fsp3) is 0.962. The average Bonchev–Trinajstić information content (AvgIpc) is 3.23. The Morgan fingerprint density at radius 3 is 1.84 bits per heavy atom. The van der Waals surface area contributed by atoms with Gasteiger partial charge in [0.15, 0.2) is 29.2 Å². The van der Waals surface area contributed by atoms with Crippen LogP contribution in [0.1, 0.15) is 123 Å². The summed E-state index contributed by atoms with van der Waals surface area (Å²) in [4.78, 5) is 17.1. The van der Waals surface area contributed by atoms with Crippen molar-refractivity contribution >= 4 is 36.6 Å². The summed E-state index contributed by atoms with van der Waals surface area (Å²) in [6.07, 6.45) is -5.78. The number of nitrogens with zero attached hydrogens (tertiary/aromatic N) is 2. The Kier molecular flexibility index (Phi) is 21.8. The van der Waals surface area contributed by atoms with Crippen molar-refractivity contribution in [3.63, 3.8) is 0 Å². The Morgan fingerprint density at radius 2 is 1.36 bits per heavy atom. The number of methoxy groups -OCH3 is 2. The lowest BCUT2D eigenvalue weighted by atomic mass is 9.73. The first kappa shape index (κ1) is 63.4. The van der Waals surface area contributed by atoms with Crippen molar-refractivity contribution in [2.75, 3.05) is 28.3 Å². The molecule has 0 aromatic carbocycles. The zero-order chi connectivity index (χ0) is 54.1. The van der Waals surface area contributed by atoms with Crippen molar-refractivity contribution in [2.24, 2.45) is 34.7 Å². The van der Waals surface area contributed by atoms with E-state index in [0.29, 0.717) is 24.5 Å². The monoisotopic (exact) mass is 1050 g/mol. The van der Waals surface area contributed by atoms with E-state index in [-0.39, 0.29) is 29.7 Å². The molecule has 3 saturated heterocycles. The second-order valence-electron chi connectivity index (χ2n) is 25.6. The van der Waals surface area contributed by atoms with Crippen LogP contribution in [0.25, 0.3) is 0 Å². The molecule has 0 unspecified atom stereocenters. The summed E-state index contributed by atoms with van der Waals surface area (Å²) in [5.41, 5.74) is -3.28. The average molecular weight is 1050 g/mol. The van der Waals surface area contributed by atoms with E-state index in [9.17, 15) is 15.0 Å². The van der Waals surface area contributed by atoms with Gasteiger partial charge in [0, 0.05) is 44.4 Å². The maximum atomic E-state index is 14.9. The summed E-state index contributed by atoms with van der Waals surface area (Å²) in [6.45, 7) is 45.2. The van der Waals surface area contributed by atoms with Crippen LogP contribution in [0.5, 0.6) is 0 Å². The Balaban J connectivity index is 2.42. The number of hydrogen-bond acceptors (Lipinski definition) is 15. The highest BCUT2D eigenvalue weighted by Gasteiger charge is 2.55. The molecule has 412 valence electrons. The molecule has 3 heterocycles. The van der Waals surface area contributed by atoms with Crippen LogP contribution < -0.4 is 0 Å². The quantitative estimate of drug-likeness (QED) is 0.0853. The van der Waals surface area contributed by atoms with Gasteiger partial charge in [0.1, 0.15) is 17.8 Å². The molecule has 18 heteroatoms. The predicted molar refractivity (Wildman–Crippen MR) is 285 cm³/mol. The summed E-state index contributed by atoms with van der Waals surface area (Å²) < 4.78 is 68.2. The second-order valence-corrected chi connectivity index (χ2v) is 39.0. The van der Waals surface area contributed by atoms with Crippen molar-refractivity contribution in [1.82, 2.24) is 4.90 Å². The molecule has 2 N–H and O–H groups in total. The fourth-order valence-electron chi connectivity index (χ4n) is 10.9. The fourth-order valence-corrected chi connectivity index (χ4v) is 15.1. The van der Waals surface area contributed by atoms with E-state index in [4.69, 9.17) is 51.7 Å². The van der Waals surface area contributed by atoms with Gasteiger partial charge in [-0.15, -0.1) is 5.16 Å². The highest BCUT2D eigenvalue weighted by atomic mass is 28.4. The molecule has 3 fully saturated rings. The minimum Gasteiger partial charge on any atom is -0.459 e. The van der Waals surface area contributed by atoms with E-state index in [0.717, 1.165) is 6.42 Å². The lowest BCUT2D eigenvalue weighted by molar-refractivity contribution is -0.316. The summed E-state index contributed by atoms with van der Waals surface area (Å²) in [7, 11) is 0.670. The van der Waals surface area contributed by atoms with E-state index < -0.39 is 121 Å². The van der Waals surface area contributed by atoms with Gasteiger partial charge in [0.2, 0.25) is 0 Å². The molecular weight excluding hydrogens is 945 g/mol. The number of aliphatic hydroxyl groups excluding tert-OH is 1. The van der Waals surface area contributed by atoms with E-state index in [1.807, 2.05) is 41.5 Å². The second kappa shape index (κ2) is 24.0. The Morgan fingerprint density at radius 1 is 0.814 bits per heavy atom. The van der Waals surface area contributed by atoms with Gasteiger partial charge in [-0.2, -0.15) is 0 Å². The third-order valence-corrected chi connectivity index (χ3v) is 22.8. The van der Waals surface area contributed by atoms with Crippen LogP contribution >= 0.6 is 0 Å². The highest BCUT2D eigenvalue weighted by Crippen LogP contribution is 2.46. The van der Waals surface area contributed by atoms with Gasteiger partial charge < -0.3 is 61.6 Å². The van der Waals surface area contributed by atoms with Crippen molar-refractivity contribution in [2.45, 2.75) is 264 Å². The molecule has 70 heavy (non-hydrogen) atoms. The van der Waals surface area contributed by atoms with Crippen molar-refractivity contribution in [3.8, 4) is 0 Å². The minimum absolute atomic E-state index is 0.0299. The topological polar surface area (TPSA) is 165 Å². The van der Waals surface area contributed by atoms with Crippen LogP contribution in [0, 0.1) is 29.6 Å². The highest BCUT2D eigenvalue weighted by molar-refractivity contribution is 6.74. The largest absolute Gasteiger partial charge is 0.459 e. The van der Waals surface area contributed by atoms with Gasteiger partial charge in [0.05, 0.1) is 59.5 Å². The first-order chi connectivity index (χ1) is 31.7. The summed E-state index contributed by atoms with van der Waals surface area (Å²) in [5.74, 6) is -3.00. The van der Waals surface area contributed by atoms with Crippen molar-refractivity contribution < 1.29 is 61.5 Å². The number of esters is 1. The van der Waals surface area contributed by atoms with E-state index in [2.05, 4.69) is 113 Å². The van der Waals surface area contributed by atoms with Gasteiger partial charge in [-0.05, 0) is 138 Å². The van der Waals surface area contributed by atoms with E-state index in [1.54, 1.807) is 21.1 Å². The number of carbonyl (C=O) groups is 1. The molecule has 3 aliphatic heterocycles. The molecule has 15 nitrogen and oxygen atoms in total. The van der Waals surface area contributed by atoms with E-state index >= 15 is 0 Å². The van der Waals surface area contributed by atoms with Crippen LogP contribution in [-0.2, 0) is 51.3 Å². The molecule has 0 amide bonds. The summed E-state index contributed by atoms with van der Waals surface area (Å²) in [6, 6.07) is -0.0299. The lowest BCUT2D eigenvalue weighted by Crippen LogP contribution is -2.63. The number of carbonyl (C=O) groups excluding carboxylic acids is 1. The number of likely N-dealkylation sites (N-methyl/N-ethyl adjacent to an activating group) is 1. The Bertz CT molecular complexity index is 1710. The Hall–Kier alpha value is -0.849. The molecule has 0 aromatic rings. The lowest BCUT2D eigenvalue weighted by Gasteiger charge is -2.51. The molecule has 18 atom stereocenters. The number of hydrogen-bond donors (Lipinski definition) is 2. The smallest absolute Gasteiger partial charge is 0.311 e. The van der Waals surface area contributed by atoms with Crippen LogP contribution in [-0.4, -0.2) is 164 Å². The zero-order valence-electron chi connectivity index (χ0n) is 48.8. The van der Waals surface area contributed by atoms with Gasteiger partial charge in [-0.3, -0.25) is 4.79 Å². The van der Waals surface area contributed by atoms with Crippen molar-refractivity contribution in [1.29, 1.82) is 0 Å². The normalized spacial score (nSPS) is 41.1. The van der Waals surface area contributed by atoms with Crippen LogP contribution in [0.15, 0.2) is 5.16 Å². The van der Waals surface area contributed by atoms with Crippen LogP contribution in [0.2, 0.25) is 57.4 Å². The number of oxime groups is 1. The predicted octanol–water partition coefficient (Wildman–Crippen LogP) is 9.60. The first-order valence-corrected chi connectivity index (χ1v) is 36.1. The molecule has 0 bridgehead atoms. The molecule has 0 saturated carbocycles. The van der Waals surface area contributed by atoms with Crippen LogP contribution in [0.3, 0.4) is 0 Å². The van der Waals surface area contributed by atoms with E-state index in [1.165, 1.54) is 6.92 Å². The molecule has 3 aliphatic rings. The molecule has 0 spiro atoms. The molecule has 0 radical (unpaired) electrons. The number of cyclic esters (lactones) is 1. The zero-order valence-corrected chi connectivity index (χ0v) is 51.8.